The van der Waals surface area contributed by atoms with Crippen LogP contribution >= 0.6 is 11.3 Å². The number of alkyl halides is 2. The molecule has 2 heterocycles. The fourth-order valence-corrected chi connectivity index (χ4v) is 6.40. The molecular formula is C24H25F2N2O5S2-. The molecule has 7 nitrogen and oxygen atoms in total. The smallest absolute Gasteiger partial charge is 0.334 e. The minimum absolute atomic E-state index is 0.143. The summed E-state index contributed by atoms with van der Waals surface area (Å²) in [7, 11) is 0. The Labute approximate surface area is 208 Å². The Morgan fingerprint density at radius 2 is 1.86 bits per heavy atom. The third-order valence-corrected chi connectivity index (χ3v) is 7.92. The van der Waals surface area contributed by atoms with Crippen molar-refractivity contribution in [1.82, 2.24) is 5.16 Å². The van der Waals surface area contributed by atoms with Crippen LogP contribution in [0, 0.1) is 5.92 Å². The van der Waals surface area contributed by atoms with Gasteiger partial charge in [0.25, 0.3) is 0 Å². The maximum Gasteiger partial charge on any atom is 0.334 e. The van der Waals surface area contributed by atoms with Crippen LogP contribution in [0.1, 0.15) is 51.9 Å². The maximum absolute atomic E-state index is 13.6. The topological polar surface area (TPSA) is 95.7 Å². The normalized spacial score (nSPS) is 23.1. The Morgan fingerprint density at radius 1 is 1.20 bits per heavy atom. The number of aromatic nitrogens is 1. The standard InChI is InChI=1S/C24H26F2N2O5S2/c1-14-20(15-9-7-6-8-10-15)24(14,21(29)32-22(2,3)4)28(35(30)31)19-12-11-17(34-19)16-13-18(33-27-16)23(5,25)26/h6-14,20H,1-5H3,(H,30,31)/p-1. The second-order valence-corrected chi connectivity index (χ2v) is 11.5. The molecule has 2 aromatic heterocycles. The zero-order valence-corrected chi connectivity index (χ0v) is 21.4. The number of hydrogen-bond acceptors (Lipinski definition) is 7. The molecule has 4 rings (SSSR count). The van der Waals surface area contributed by atoms with Gasteiger partial charge in [-0.25, -0.2) is 4.79 Å². The zero-order valence-electron chi connectivity index (χ0n) is 19.8. The van der Waals surface area contributed by atoms with Crippen LogP contribution in [0.4, 0.5) is 13.8 Å². The van der Waals surface area contributed by atoms with Gasteiger partial charge in [-0.3, -0.25) is 8.51 Å². The predicted molar refractivity (Wildman–Crippen MR) is 128 cm³/mol. The average Bonchev–Trinajstić information content (AvgIpc) is 3.14. The Balaban J connectivity index is 1.78. The van der Waals surface area contributed by atoms with Crippen molar-refractivity contribution >= 4 is 33.6 Å². The molecule has 0 N–H and O–H groups in total. The molecule has 0 bridgehead atoms. The summed E-state index contributed by atoms with van der Waals surface area (Å²) in [5, 5.41) is 3.93. The highest BCUT2D eigenvalue weighted by atomic mass is 32.2. The summed E-state index contributed by atoms with van der Waals surface area (Å²) in [6, 6.07) is 13.4. The maximum atomic E-state index is 13.6. The Hall–Kier alpha value is -2.63. The number of thiophene rings is 1. The Morgan fingerprint density at radius 3 is 2.40 bits per heavy atom. The fraction of sp³-hybridized carbons (Fsp3) is 0.417. The first kappa shape index (κ1) is 25.5. The number of anilines is 1. The van der Waals surface area contributed by atoms with Gasteiger partial charge in [0.05, 0.1) is 4.88 Å². The van der Waals surface area contributed by atoms with Gasteiger partial charge in [-0.15, -0.1) is 11.3 Å². The van der Waals surface area contributed by atoms with Crippen LogP contribution < -0.4 is 4.31 Å². The van der Waals surface area contributed by atoms with E-state index >= 15 is 0 Å². The SMILES string of the molecule is CC1C(c2ccccc2)C1(C(=O)OC(C)(C)C)N(c1ccc(-c2cc(C(C)(F)F)on2)s1)S(=O)[O-]. The van der Waals surface area contributed by atoms with Gasteiger partial charge in [0.2, 0.25) is 5.76 Å². The van der Waals surface area contributed by atoms with Crippen molar-refractivity contribution in [3.05, 3.63) is 59.9 Å². The summed E-state index contributed by atoms with van der Waals surface area (Å²) in [5.74, 6) is -5.29. The van der Waals surface area contributed by atoms with Gasteiger partial charge in [-0.1, -0.05) is 42.4 Å². The van der Waals surface area contributed by atoms with E-state index < -0.39 is 46.0 Å². The summed E-state index contributed by atoms with van der Waals surface area (Å²) in [4.78, 5) is 14.0. The lowest BCUT2D eigenvalue weighted by Crippen LogP contribution is -2.50. The van der Waals surface area contributed by atoms with E-state index in [4.69, 9.17) is 9.26 Å². The Bertz CT molecular complexity index is 1250. The van der Waals surface area contributed by atoms with Gasteiger partial charge < -0.3 is 13.8 Å². The third-order valence-electron chi connectivity index (χ3n) is 5.92. The van der Waals surface area contributed by atoms with Crippen molar-refractivity contribution in [1.29, 1.82) is 0 Å². The first-order valence-electron chi connectivity index (χ1n) is 10.9. The van der Waals surface area contributed by atoms with E-state index in [0.29, 0.717) is 11.8 Å². The molecule has 1 aliphatic carbocycles. The summed E-state index contributed by atoms with van der Waals surface area (Å²) >= 11 is -1.84. The van der Waals surface area contributed by atoms with E-state index in [2.05, 4.69) is 5.16 Å². The number of carbonyl (C=O) groups excluding carboxylic acids is 1. The van der Waals surface area contributed by atoms with Crippen LogP contribution in [0.25, 0.3) is 10.6 Å². The van der Waals surface area contributed by atoms with Gasteiger partial charge in [0.1, 0.15) is 16.3 Å². The summed E-state index contributed by atoms with van der Waals surface area (Å²) in [5.41, 5.74) is -1.39. The highest BCUT2D eigenvalue weighted by Crippen LogP contribution is 2.63. The van der Waals surface area contributed by atoms with Crippen LogP contribution in [-0.2, 0) is 26.7 Å². The lowest BCUT2D eigenvalue weighted by Gasteiger charge is -2.35. The molecule has 0 spiro atoms. The lowest BCUT2D eigenvalue weighted by atomic mass is 10.1. The van der Waals surface area contributed by atoms with Gasteiger partial charge in [-0.05, 0) is 38.5 Å². The number of carbonyl (C=O) groups is 1. The number of hydrogen-bond donors (Lipinski definition) is 0. The number of rotatable bonds is 7. The number of benzene rings is 1. The molecular weight excluding hydrogens is 498 g/mol. The molecule has 1 aliphatic rings. The van der Waals surface area contributed by atoms with Crippen LogP contribution in [-0.4, -0.2) is 31.0 Å². The minimum atomic E-state index is -3.21. The average molecular weight is 524 g/mol. The highest BCUT2D eigenvalue weighted by Gasteiger charge is 2.73. The molecule has 0 radical (unpaired) electrons. The van der Waals surface area contributed by atoms with E-state index in [1.54, 1.807) is 26.8 Å². The second kappa shape index (κ2) is 8.79. The van der Waals surface area contributed by atoms with Crippen molar-refractivity contribution in [3.63, 3.8) is 0 Å². The van der Waals surface area contributed by atoms with Gasteiger partial charge >= 0.3 is 11.9 Å². The Kier molecular flexibility index (Phi) is 6.40. The molecule has 4 unspecified atom stereocenters. The van der Waals surface area contributed by atoms with Gasteiger partial charge in [0.15, 0.2) is 5.54 Å². The number of halogens is 2. The van der Waals surface area contributed by atoms with Crippen LogP contribution in [0.5, 0.6) is 0 Å². The summed E-state index contributed by atoms with van der Waals surface area (Å²) < 4.78 is 64.0. The molecule has 1 saturated carbocycles. The molecule has 11 heteroatoms. The van der Waals surface area contributed by atoms with Gasteiger partial charge in [-0.2, -0.15) is 8.78 Å². The summed E-state index contributed by atoms with van der Waals surface area (Å²) in [6.45, 7) is 7.66. The van der Waals surface area contributed by atoms with E-state index in [-0.39, 0.29) is 16.6 Å². The highest BCUT2D eigenvalue weighted by molar-refractivity contribution is 7.81. The monoisotopic (exact) mass is 523 g/mol. The molecule has 0 amide bonds. The van der Waals surface area contributed by atoms with Crippen molar-refractivity contribution in [3.8, 4) is 10.6 Å². The predicted octanol–water partition coefficient (Wildman–Crippen LogP) is 5.63. The van der Waals surface area contributed by atoms with Crippen molar-refractivity contribution < 1.29 is 31.6 Å². The van der Waals surface area contributed by atoms with Crippen molar-refractivity contribution in [2.24, 2.45) is 5.92 Å². The summed E-state index contributed by atoms with van der Waals surface area (Å²) in [6.07, 6.45) is 0. The third kappa shape index (κ3) is 4.64. The minimum Gasteiger partial charge on any atom is -0.755 e. The molecule has 0 aliphatic heterocycles. The largest absolute Gasteiger partial charge is 0.755 e. The first-order chi connectivity index (χ1) is 16.3. The molecule has 0 saturated heterocycles. The molecule has 4 atom stereocenters. The molecule has 1 aromatic carbocycles. The number of ether oxygens (including phenoxy) is 1. The molecule has 188 valence electrons. The number of nitrogens with zero attached hydrogens (tertiary/aromatic N) is 2. The van der Waals surface area contributed by atoms with Crippen LogP contribution in [0.2, 0.25) is 0 Å². The van der Waals surface area contributed by atoms with Crippen molar-refractivity contribution in [2.75, 3.05) is 4.31 Å². The van der Waals surface area contributed by atoms with E-state index in [1.165, 1.54) is 6.07 Å². The lowest BCUT2D eigenvalue weighted by molar-refractivity contribution is -0.158. The quantitative estimate of drug-likeness (QED) is 0.294. The molecule has 1 fully saturated rings. The number of esters is 1. The second-order valence-electron chi connectivity index (χ2n) is 9.62. The fourth-order valence-electron chi connectivity index (χ4n) is 4.37. The van der Waals surface area contributed by atoms with Crippen molar-refractivity contribution in [2.45, 2.75) is 57.6 Å². The first-order valence-corrected chi connectivity index (χ1v) is 12.7. The molecule has 35 heavy (non-hydrogen) atoms. The van der Waals surface area contributed by atoms with Crippen LogP contribution in [0.3, 0.4) is 0 Å². The van der Waals surface area contributed by atoms with Crippen LogP contribution in [0.15, 0.2) is 53.1 Å². The van der Waals surface area contributed by atoms with E-state index in [1.807, 2.05) is 37.3 Å². The zero-order chi connectivity index (χ0) is 25.8. The van der Waals surface area contributed by atoms with Gasteiger partial charge in [0, 0.05) is 36.1 Å². The molecule has 3 aromatic rings. The van der Waals surface area contributed by atoms with E-state index in [0.717, 1.165) is 27.3 Å². The van der Waals surface area contributed by atoms with E-state index in [9.17, 15) is 22.3 Å².